The monoisotopic (exact) mass is 484 g/mol. The third kappa shape index (κ3) is 6.36. The quantitative estimate of drug-likeness (QED) is 0.568. The predicted molar refractivity (Wildman–Crippen MR) is 130 cm³/mol. The van der Waals surface area contributed by atoms with E-state index in [1.54, 1.807) is 12.0 Å². The summed E-state index contributed by atoms with van der Waals surface area (Å²) in [6.07, 6.45) is 0.283. The Bertz CT molecular complexity index is 1040. The molecule has 3 amide bonds. The first kappa shape index (κ1) is 26.2. The molecule has 1 heterocycles. The molecule has 3 rings (SSSR count). The van der Waals surface area contributed by atoms with E-state index < -0.39 is 17.8 Å². The van der Waals surface area contributed by atoms with Crippen molar-refractivity contribution in [3.63, 3.8) is 0 Å². The molecule has 2 atom stereocenters. The number of carbonyl (C=O) groups excluding carboxylic acids is 3. The molecule has 2 aromatic rings. The van der Waals surface area contributed by atoms with Gasteiger partial charge >= 0.3 is 0 Å². The Labute approximate surface area is 205 Å². The molecule has 1 aliphatic rings. The Morgan fingerprint density at radius 3 is 2.54 bits per heavy atom. The SMILES string of the molecule is COc1cccc(CN(C(=O)C(C)C)C2CC(C(=O)NCCN)N(C(=O)c3ccc(F)cc3)C2)c1. The summed E-state index contributed by atoms with van der Waals surface area (Å²) in [5, 5.41) is 2.76. The van der Waals surface area contributed by atoms with E-state index in [1.165, 1.54) is 29.2 Å². The fourth-order valence-electron chi connectivity index (χ4n) is 4.27. The number of rotatable bonds is 9. The number of hydrogen-bond donors (Lipinski definition) is 2. The summed E-state index contributed by atoms with van der Waals surface area (Å²) >= 11 is 0. The lowest BCUT2D eigenvalue weighted by molar-refractivity contribution is -0.137. The number of likely N-dealkylation sites (tertiary alicyclic amines) is 1. The van der Waals surface area contributed by atoms with Crippen LogP contribution in [0.3, 0.4) is 0 Å². The van der Waals surface area contributed by atoms with E-state index in [-0.39, 0.29) is 55.4 Å². The van der Waals surface area contributed by atoms with Crippen LogP contribution in [0.15, 0.2) is 48.5 Å². The third-order valence-electron chi connectivity index (χ3n) is 6.08. The van der Waals surface area contributed by atoms with Gasteiger partial charge in [-0.1, -0.05) is 26.0 Å². The maximum atomic E-state index is 13.4. The fraction of sp³-hybridized carbons (Fsp3) is 0.423. The zero-order valence-corrected chi connectivity index (χ0v) is 20.4. The Morgan fingerprint density at radius 2 is 1.91 bits per heavy atom. The van der Waals surface area contributed by atoms with Crippen molar-refractivity contribution in [2.75, 3.05) is 26.7 Å². The average Bonchev–Trinajstić information content (AvgIpc) is 3.30. The zero-order valence-electron chi connectivity index (χ0n) is 20.4. The smallest absolute Gasteiger partial charge is 0.254 e. The van der Waals surface area contributed by atoms with Crippen LogP contribution < -0.4 is 15.8 Å². The Kier molecular flexibility index (Phi) is 8.81. The van der Waals surface area contributed by atoms with Crippen molar-refractivity contribution in [1.29, 1.82) is 0 Å². The molecule has 1 aliphatic heterocycles. The second-order valence-electron chi connectivity index (χ2n) is 8.92. The maximum absolute atomic E-state index is 13.4. The van der Waals surface area contributed by atoms with Gasteiger partial charge in [0.05, 0.1) is 13.2 Å². The van der Waals surface area contributed by atoms with Gasteiger partial charge in [0.15, 0.2) is 0 Å². The number of methoxy groups -OCH3 is 1. The highest BCUT2D eigenvalue weighted by molar-refractivity contribution is 5.98. The second kappa shape index (κ2) is 11.8. The number of hydrogen-bond acceptors (Lipinski definition) is 5. The molecule has 1 fully saturated rings. The molecule has 0 radical (unpaired) electrons. The molecule has 35 heavy (non-hydrogen) atoms. The van der Waals surface area contributed by atoms with Gasteiger partial charge < -0.3 is 25.6 Å². The van der Waals surface area contributed by atoms with Crippen molar-refractivity contribution in [2.24, 2.45) is 11.7 Å². The van der Waals surface area contributed by atoms with Crippen LogP contribution >= 0.6 is 0 Å². The van der Waals surface area contributed by atoms with Gasteiger partial charge in [-0.3, -0.25) is 14.4 Å². The molecule has 9 heteroatoms. The lowest BCUT2D eigenvalue weighted by atomic mass is 10.1. The van der Waals surface area contributed by atoms with E-state index in [1.807, 2.05) is 38.1 Å². The first-order valence-corrected chi connectivity index (χ1v) is 11.7. The molecule has 0 saturated carbocycles. The molecular weight excluding hydrogens is 451 g/mol. The van der Waals surface area contributed by atoms with Gasteiger partial charge in [0, 0.05) is 37.7 Å². The van der Waals surface area contributed by atoms with E-state index in [0.29, 0.717) is 12.3 Å². The average molecular weight is 485 g/mol. The maximum Gasteiger partial charge on any atom is 0.254 e. The fourth-order valence-corrected chi connectivity index (χ4v) is 4.27. The highest BCUT2D eigenvalue weighted by Crippen LogP contribution is 2.28. The molecule has 0 aromatic heterocycles. The minimum Gasteiger partial charge on any atom is -0.497 e. The summed E-state index contributed by atoms with van der Waals surface area (Å²) in [5.41, 5.74) is 6.70. The predicted octanol–water partition coefficient (Wildman–Crippen LogP) is 2.18. The standard InChI is InChI=1S/C26H33FN4O4/c1-17(2)25(33)30(15-18-5-4-6-22(13-18)35-3)21-14-23(24(32)29-12-11-28)31(16-21)26(34)19-7-9-20(27)10-8-19/h4-10,13,17,21,23H,11-12,14-16,28H2,1-3H3,(H,29,32). The Morgan fingerprint density at radius 1 is 1.20 bits per heavy atom. The molecule has 188 valence electrons. The van der Waals surface area contributed by atoms with Crippen molar-refractivity contribution in [3.05, 3.63) is 65.5 Å². The topological polar surface area (TPSA) is 105 Å². The first-order chi connectivity index (χ1) is 16.7. The molecule has 0 spiro atoms. The molecule has 8 nitrogen and oxygen atoms in total. The summed E-state index contributed by atoms with van der Waals surface area (Å²) in [4.78, 5) is 42.8. The van der Waals surface area contributed by atoms with E-state index >= 15 is 0 Å². The van der Waals surface area contributed by atoms with Gasteiger partial charge in [0.1, 0.15) is 17.6 Å². The number of nitrogens with two attached hydrogens (primary N) is 1. The molecule has 0 aliphatic carbocycles. The number of halogens is 1. The van der Waals surface area contributed by atoms with Crippen molar-refractivity contribution in [1.82, 2.24) is 15.1 Å². The van der Waals surface area contributed by atoms with Crippen molar-refractivity contribution >= 4 is 17.7 Å². The number of carbonyl (C=O) groups is 3. The van der Waals surface area contributed by atoms with E-state index in [4.69, 9.17) is 10.5 Å². The first-order valence-electron chi connectivity index (χ1n) is 11.7. The zero-order chi connectivity index (χ0) is 25.5. The Hall–Kier alpha value is -3.46. The van der Waals surface area contributed by atoms with Gasteiger partial charge in [0.2, 0.25) is 11.8 Å². The van der Waals surface area contributed by atoms with Gasteiger partial charge in [-0.2, -0.15) is 0 Å². The van der Waals surface area contributed by atoms with E-state index in [9.17, 15) is 18.8 Å². The number of benzene rings is 2. The van der Waals surface area contributed by atoms with Crippen LogP contribution in [0.1, 0.15) is 36.2 Å². The summed E-state index contributed by atoms with van der Waals surface area (Å²) in [6, 6.07) is 11.5. The van der Waals surface area contributed by atoms with E-state index in [2.05, 4.69) is 5.32 Å². The van der Waals surface area contributed by atoms with Crippen molar-refractivity contribution in [3.8, 4) is 5.75 Å². The van der Waals surface area contributed by atoms with Gasteiger partial charge in [0.25, 0.3) is 5.91 Å². The third-order valence-corrected chi connectivity index (χ3v) is 6.08. The van der Waals surface area contributed by atoms with Gasteiger partial charge in [-0.25, -0.2) is 4.39 Å². The normalized spacial score (nSPS) is 17.4. The Balaban J connectivity index is 1.91. The van der Waals surface area contributed by atoms with Crippen LogP contribution in [-0.2, 0) is 16.1 Å². The molecule has 2 aromatic carbocycles. The van der Waals surface area contributed by atoms with Crippen molar-refractivity contribution < 1.29 is 23.5 Å². The largest absolute Gasteiger partial charge is 0.497 e. The highest BCUT2D eigenvalue weighted by atomic mass is 19.1. The van der Waals surface area contributed by atoms with Gasteiger partial charge in [-0.05, 0) is 48.4 Å². The lowest BCUT2D eigenvalue weighted by Crippen LogP contribution is -2.47. The highest BCUT2D eigenvalue weighted by Gasteiger charge is 2.43. The minimum atomic E-state index is -0.781. The van der Waals surface area contributed by atoms with Crippen LogP contribution in [-0.4, -0.2) is 66.3 Å². The van der Waals surface area contributed by atoms with Gasteiger partial charge in [-0.15, -0.1) is 0 Å². The van der Waals surface area contributed by atoms with E-state index in [0.717, 1.165) is 5.56 Å². The summed E-state index contributed by atoms with van der Waals surface area (Å²) in [7, 11) is 1.58. The number of ether oxygens (including phenoxy) is 1. The number of amides is 3. The van der Waals surface area contributed by atoms with Crippen molar-refractivity contribution in [2.45, 2.75) is 38.9 Å². The van der Waals surface area contributed by atoms with Crippen LogP contribution in [0.2, 0.25) is 0 Å². The molecule has 1 saturated heterocycles. The van der Waals surface area contributed by atoms with Crippen LogP contribution in [0.5, 0.6) is 5.75 Å². The van der Waals surface area contributed by atoms with Crippen LogP contribution in [0.4, 0.5) is 4.39 Å². The second-order valence-corrected chi connectivity index (χ2v) is 8.92. The molecule has 0 bridgehead atoms. The molecular formula is C26H33FN4O4. The number of nitrogens with zero attached hydrogens (tertiary/aromatic N) is 2. The summed E-state index contributed by atoms with van der Waals surface area (Å²) in [6.45, 7) is 4.68. The van der Waals surface area contributed by atoms with Crippen LogP contribution in [0.25, 0.3) is 0 Å². The molecule has 3 N–H and O–H groups in total. The minimum absolute atomic E-state index is 0.0741. The number of nitrogens with one attached hydrogen (secondary N) is 1. The summed E-state index contributed by atoms with van der Waals surface area (Å²) in [5.74, 6) is -0.837. The lowest BCUT2D eigenvalue weighted by Gasteiger charge is -2.31. The summed E-state index contributed by atoms with van der Waals surface area (Å²) < 4.78 is 18.7. The molecule has 2 unspecified atom stereocenters. The van der Waals surface area contributed by atoms with Crippen LogP contribution in [0, 0.1) is 11.7 Å².